The molecule has 0 unspecified atom stereocenters. The number of halogens is 2. The van der Waals surface area contributed by atoms with Gasteiger partial charge in [-0.3, -0.25) is 4.79 Å². The summed E-state index contributed by atoms with van der Waals surface area (Å²) in [5.41, 5.74) is 0.673. The molecule has 0 radical (unpaired) electrons. The van der Waals surface area contributed by atoms with Crippen molar-refractivity contribution in [1.82, 2.24) is 4.90 Å². The normalized spacial score (nSPS) is 20.4. The molecule has 0 spiro atoms. The van der Waals surface area contributed by atoms with Crippen molar-refractivity contribution in [3.05, 3.63) is 32.4 Å². The first-order valence-electron chi connectivity index (χ1n) is 5.44. The Hall–Kier alpha value is -0.330. The summed E-state index contributed by atoms with van der Waals surface area (Å²) in [5.74, 6) is 0.0343. The molecular weight excluding hydrogens is 352 g/mol. The summed E-state index contributed by atoms with van der Waals surface area (Å²) in [6, 6.07) is 5.38. The summed E-state index contributed by atoms with van der Waals surface area (Å²) >= 11 is 8.09. The van der Waals surface area contributed by atoms with Crippen molar-refractivity contribution in [2.75, 3.05) is 19.7 Å². The number of morpholine rings is 1. The van der Waals surface area contributed by atoms with Crippen LogP contribution in [0.2, 0.25) is 5.02 Å². The van der Waals surface area contributed by atoms with E-state index in [1.807, 2.05) is 17.9 Å². The molecule has 0 bridgehead atoms. The standard InChI is InChI=1S/C12H13ClINO2/c1-8-7-15(4-5-17-8)12(16)10-6-9(13)2-3-11(10)14/h2-3,6,8H,4-5,7H2,1H3/t8-/m1/s1. The van der Waals surface area contributed by atoms with Crippen LogP contribution in [0.3, 0.4) is 0 Å². The van der Waals surface area contributed by atoms with Gasteiger partial charge < -0.3 is 9.64 Å². The molecule has 1 saturated heterocycles. The predicted octanol–water partition coefficient (Wildman–Crippen LogP) is 2.81. The fourth-order valence-electron chi connectivity index (χ4n) is 1.83. The van der Waals surface area contributed by atoms with Crippen LogP contribution in [-0.2, 0) is 4.74 Å². The number of hydrogen-bond acceptors (Lipinski definition) is 2. The van der Waals surface area contributed by atoms with Crippen molar-refractivity contribution in [2.24, 2.45) is 0 Å². The van der Waals surface area contributed by atoms with Crippen LogP contribution in [0.25, 0.3) is 0 Å². The Bertz CT molecular complexity index is 439. The van der Waals surface area contributed by atoms with Gasteiger partial charge in [0, 0.05) is 21.7 Å². The molecule has 2 rings (SSSR count). The van der Waals surface area contributed by atoms with E-state index in [1.165, 1.54) is 0 Å². The SMILES string of the molecule is C[C@@H]1CN(C(=O)c2cc(Cl)ccc2I)CCO1. The lowest BCUT2D eigenvalue weighted by atomic mass is 10.2. The second-order valence-electron chi connectivity index (χ2n) is 4.06. The minimum atomic E-state index is 0.0343. The minimum Gasteiger partial charge on any atom is -0.375 e. The van der Waals surface area contributed by atoms with Gasteiger partial charge in [-0.05, 0) is 47.7 Å². The second-order valence-corrected chi connectivity index (χ2v) is 5.66. The highest BCUT2D eigenvalue weighted by atomic mass is 127. The van der Waals surface area contributed by atoms with E-state index in [-0.39, 0.29) is 12.0 Å². The Morgan fingerprint density at radius 1 is 1.59 bits per heavy atom. The van der Waals surface area contributed by atoms with E-state index in [1.54, 1.807) is 12.1 Å². The van der Waals surface area contributed by atoms with Gasteiger partial charge in [-0.15, -0.1) is 0 Å². The Morgan fingerprint density at radius 2 is 2.35 bits per heavy atom. The summed E-state index contributed by atoms with van der Waals surface area (Å²) in [5, 5.41) is 0.593. The van der Waals surface area contributed by atoms with Gasteiger partial charge in [-0.2, -0.15) is 0 Å². The summed E-state index contributed by atoms with van der Waals surface area (Å²) in [4.78, 5) is 14.1. The highest BCUT2D eigenvalue weighted by Gasteiger charge is 2.23. The summed E-state index contributed by atoms with van der Waals surface area (Å²) in [6.07, 6.45) is 0.101. The quantitative estimate of drug-likeness (QED) is 0.716. The molecule has 0 aromatic heterocycles. The van der Waals surface area contributed by atoms with Crippen LogP contribution in [0, 0.1) is 3.57 Å². The van der Waals surface area contributed by atoms with Crippen molar-refractivity contribution < 1.29 is 9.53 Å². The largest absolute Gasteiger partial charge is 0.375 e. The van der Waals surface area contributed by atoms with E-state index >= 15 is 0 Å². The van der Waals surface area contributed by atoms with Crippen molar-refractivity contribution >= 4 is 40.1 Å². The monoisotopic (exact) mass is 365 g/mol. The molecule has 0 saturated carbocycles. The van der Waals surface area contributed by atoms with Crippen LogP contribution in [0.5, 0.6) is 0 Å². The zero-order valence-electron chi connectivity index (χ0n) is 9.45. The highest BCUT2D eigenvalue weighted by molar-refractivity contribution is 14.1. The maximum Gasteiger partial charge on any atom is 0.255 e. The van der Waals surface area contributed by atoms with Crippen LogP contribution in [0.4, 0.5) is 0 Å². The fourth-order valence-corrected chi connectivity index (χ4v) is 2.57. The Kier molecular flexibility index (Phi) is 4.27. The Balaban J connectivity index is 2.21. The van der Waals surface area contributed by atoms with E-state index in [9.17, 15) is 4.79 Å². The average Bonchev–Trinajstić information content (AvgIpc) is 2.31. The molecule has 1 amide bonds. The number of nitrogens with zero attached hydrogens (tertiary/aromatic N) is 1. The van der Waals surface area contributed by atoms with Crippen LogP contribution in [0.15, 0.2) is 18.2 Å². The number of carbonyl (C=O) groups is 1. The maximum atomic E-state index is 12.3. The van der Waals surface area contributed by atoms with E-state index in [4.69, 9.17) is 16.3 Å². The van der Waals surface area contributed by atoms with E-state index in [0.717, 1.165) is 3.57 Å². The predicted molar refractivity (Wildman–Crippen MR) is 75.5 cm³/mol. The molecule has 1 aliphatic heterocycles. The summed E-state index contributed by atoms with van der Waals surface area (Å²) in [7, 11) is 0. The zero-order valence-corrected chi connectivity index (χ0v) is 12.4. The molecule has 3 nitrogen and oxygen atoms in total. The number of rotatable bonds is 1. The molecule has 0 aliphatic carbocycles. The minimum absolute atomic E-state index is 0.0343. The topological polar surface area (TPSA) is 29.5 Å². The lowest BCUT2D eigenvalue weighted by Gasteiger charge is -2.31. The smallest absolute Gasteiger partial charge is 0.255 e. The first-order chi connectivity index (χ1) is 8.08. The van der Waals surface area contributed by atoms with Crippen LogP contribution < -0.4 is 0 Å². The fraction of sp³-hybridized carbons (Fsp3) is 0.417. The van der Waals surface area contributed by atoms with Gasteiger partial charge in [-0.1, -0.05) is 11.6 Å². The number of ether oxygens (including phenoxy) is 1. The molecule has 1 aromatic carbocycles. The maximum absolute atomic E-state index is 12.3. The van der Waals surface area contributed by atoms with E-state index in [0.29, 0.717) is 30.3 Å². The van der Waals surface area contributed by atoms with Crippen LogP contribution in [-0.4, -0.2) is 36.6 Å². The lowest BCUT2D eigenvalue weighted by Crippen LogP contribution is -2.44. The van der Waals surface area contributed by atoms with E-state index in [2.05, 4.69) is 22.6 Å². The van der Waals surface area contributed by atoms with Gasteiger partial charge in [0.25, 0.3) is 5.91 Å². The van der Waals surface area contributed by atoms with Crippen molar-refractivity contribution in [3.8, 4) is 0 Å². The zero-order chi connectivity index (χ0) is 12.4. The Labute approximate surface area is 119 Å². The molecule has 17 heavy (non-hydrogen) atoms. The van der Waals surface area contributed by atoms with Gasteiger partial charge in [0.1, 0.15) is 0 Å². The highest BCUT2D eigenvalue weighted by Crippen LogP contribution is 2.20. The summed E-state index contributed by atoms with van der Waals surface area (Å²) in [6.45, 7) is 3.86. The second kappa shape index (κ2) is 5.54. The number of carbonyl (C=O) groups excluding carboxylic acids is 1. The summed E-state index contributed by atoms with van der Waals surface area (Å²) < 4.78 is 6.35. The molecule has 0 N–H and O–H groups in total. The first kappa shape index (κ1) is 13.1. The molecule has 1 aliphatic rings. The van der Waals surface area contributed by atoms with Crippen molar-refractivity contribution in [3.63, 3.8) is 0 Å². The molecule has 5 heteroatoms. The van der Waals surface area contributed by atoms with Crippen LogP contribution in [0.1, 0.15) is 17.3 Å². The molecule has 1 aromatic rings. The third-order valence-electron chi connectivity index (χ3n) is 2.69. The third-order valence-corrected chi connectivity index (χ3v) is 3.86. The molecule has 1 atom stereocenters. The lowest BCUT2D eigenvalue weighted by molar-refractivity contribution is -0.0124. The molecule has 92 valence electrons. The van der Waals surface area contributed by atoms with Crippen molar-refractivity contribution in [1.29, 1.82) is 0 Å². The van der Waals surface area contributed by atoms with Crippen molar-refractivity contribution in [2.45, 2.75) is 13.0 Å². The number of hydrogen-bond donors (Lipinski definition) is 0. The van der Waals surface area contributed by atoms with Gasteiger partial charge >= 0.3 is 0 Å². The number of benzene rings is 1. The van der Waals surface area contributed by atoms with Gasteiger partial charge in [0.05, 0.1) is 18.3 Å². The first-order valence-corrected chi connectivity index (χ1v) is 6.89. The molecular formula is C12H13ClINO2. The number of amides is 1. The Morgan fingerprint density at radius 3 is 3.06 bits per heavy atom. The van der Waals surface area contributed by atoms with E-state index < -0.39 is 0 Å². The van der Waals surface area contributed by atoms with Gasteiger partial charge in [0.15, 0.2) is 0 Å². The molecule has 1 fully saturated rings. The van der Waals surface area contributed by atoms with Gasteiger partial charge in [-0.25, -0.2) is 0 Å². The third kappa shape index (κ3) is 3.11. The van der Waals surface area contributed by atoms with Gasteiger partial charge in [0.2, 0.25) is 0 Å². The average molecular weight is 366 g/mol. The molecule has 1 heterocycles. The van der Waals surface area contributed by atoms with Crippen LogP contribution >= 0.6 is 34.2 Å².